The number of rotatable bonds is 14. The van der Waals surface area contributed by atoms with E-state index in [-0.39, 0.29) is 37.4 Å². The van der Waals surface area contributed by atoms with Gasteiger partial charge in [0.1, 0.15) is 17.4 Å². The van der Waals surface area contributed by atoms with E-state index in [1.54, 1.807) is 26.9 Å². The fraction of sp³-hybridized carbons (Fsp3) is 0.390. The molecule has 3 fully saturated rings. The number of hydrogen-bond donors (Lipinski definition) is 1. The van der Waals surface area contributed by atoms with Crippen molar-refractivity contribution in [2.45, 2.75) is 63.8 Å². The van der Waals surface area contributed by atoms with Crippen LogP contribution in [-0.4, -0.2) is 77.8 Å². The van der Waals surface area contributed by atoms with Gasteiger partial charge >= 0.3 is 0 Å². The average molecular weight is 678 g/mol. The zero-order chi connectivity index (χ0) is 35.6. The Kier molecular flexibility index (Phi) is 10.3. The molecule has 3 aliphatic rings. The van der Waals surface area contributed by atoms with Crippen LogP contribution in [-0.2, 0) is 25.5 Å². The molecule has 0 radical (unpaired) electrons. The third-order valence-electron chi connectivity index (χ3n) is 10.4. The van der Waals surface area contributed by atoms with Crippen molar-refractivity contribution in [2.24, 2.45) is 11.8 Å². The standard InChI is InChI=1S/C41H47N3O6/c1-6-22-42(30-16-18-32(19-17-30)49-8-3)38(46)35-34-20-21-41(50-34)36(35)39(47)44(31(26-45)25-29-12-10-9-11-13-29)37(41)40(48)43(23-7-2)33-24-27(4)14-15-28(33)5/h6-7,9-19,24,31,34-37,45H,1-2,8,20-23,25-26H2,3-5H3/t31-,34+,35-,36+,37?,41?/m1/s1. The second-order valence-electron chi connectivity index (χ2n) is 13.5. The molecule has 3 saturated heterocycles. The van der Waals surface area contributed by atoms with Crippen molar-refractivity contribution < 1.29 is 29.0 Å². The fourth-order valence-corrected chi connectivity index (χ4v) is 8.30. The van der Waals surface area contributed by atoms with E-state index < -0.39 is 35.6 Å². The number of fused-ring (bicyclic) bond motifs is 1. The SMILES string of the molecule is C=CCN(C(=O)[C@@H]1[C@@H]2CCC3(O2)C(C(=O)N(CC=C)c2cc(C)ccc2C)N([C@@H](CO)Cc2ccccc2)C(=O)[C@H]13)c1ccc(OCC)cc1. The molecule has 1 spiro atoms. The first-order valence-electron chi connectivity index (χ1n) is 17.5. The summed E-state index contributed by atoms with van der Waals surface area (Å²) >= 11 is 0. The maximum absolute atomic E-state index is 15.2. The highest BCUT2D eigenvalue weighted by molar-refractivity contribution is 6.07. The van der Waals surface area contributed by atoms with Gasteiger partial charge in [-0.1, -0.05) is 54.6 Å². The van der Waals surface area contributed by atoms with Crippen LogP contribution >= 0.6 is 0 Å². The summed E-state index contributed by atoms with van der Waals surface area (Å²) < 4.78 is 12.4. The van der Waals surface area contributed by atoms with E-state index in [2.05, 4.69) is 13.2 Å². The number of nitrogens with zero attached hydrogens (tertiary/aromatic N) is 3. The summed E-state index contributed by atoms with van der Waals surface area (Å²) in [6.45, 7) is 14.3. The summed E-state index contributed by atoms with van der Waals surface area (Å²) in [4.78, 5) is 49.7. The van der Waals surface area contributed by atoms with Crippen LogP contribution in [0, 0.1) is 25.7 Å². The monoisotopic (exact) mass is 677 g/mol. The summed E-state index contributed by atoms with van der Waals surface area (Å²) in [5.41, 5.74) is 2.93. The molecule has 1 N–H and O–H groups in total. The fourth-order valence-electron chi connectivity index (χ4n) is 8.30. The summed E-state index contributed by atoms with van der Waals surface area (Å²) in [5.74, 6) is -1.96. The van der Waals surface area contributed by atoms with Crippen LogP contribution in [0.15, 0.2) is 98.1 Å². The molecular weight excluding hydrogens is 630 g/mol. The van der Waals surface area contributed by atoms with E-state index in [0.717, 1.165) is 22.4 Å². The molecule has 0 aromatic heterocycles. The average Bonchev–Trinajstić information content (AvgIpc) is 3.77. The number of benzene rings is 3. The summed E-state index contributed by atoms with van der Waals surface area (Å²) in [6, 6.07) is 21.0. The molecule has 6 atom stereocenters. The highest BCUT2D eigenvalue weighted by Gasteiger charge is 2.75. The summed E-state index contributed by atoms with van der Waals surface area (Å²) in [5, 5.41) is 10.9. The molecule has 3 aromatic carbocycles. The minimum Gasteiger partial charge on any atom is -0.494 e. The van der Waals surface area contributed by atoms with E-state index in [9.17, 15) is 14.7 Å². The Morgan fingerprint density at radius 3 is 2.38 bits per heavy atom. The third-order valence-corrected chi connectivity index (χ3v) is 10.4. The second-order valence-corrected chi connectivity index (χ2v) is 13.5. The van der Waals surface area contributed by atoms with Crippen LogP contribution in [0.1, 0.15) is 36.5 Å². The Morgan fingerprint density at radius 2 is 1.72 bits per heavy atom. The number of carbonyl (C=O) groups excluding carboxylic acids is 3. The van der Waals surface area contributed by atoms with Crippen LogP contribution in [0.3, 0.4) is 0 Å². The smallest absolute Gasteiger partial charge is 0.253 e. The lowest BCUT2D eigenvalue weighted by molar-refractivity contribution is -0.144. The number of carbonyl (C=O) groups is 3. The molecule has 2 unspecified atom stereocenters. The molecule has 2 bridgehead atoms. The molecular formula is C41H47N3O6. The van der Waals surface area contributed by atoms with Gasteiger partial charge in [0, 0.05) is 24.5 Å². The normalized spacial score (nSPS) is 24.1. The Bertz CT molecular complexity index is 1740. The molecule has 3 aromatic rings. The van der Waals surface area contributed by atoms with Gasteiger partial charge in [0.05, 0.1) is 37.2 Å². The first-order chi connectivity index (χ1) is 24.2. The van der Waals surface area contributed by atoms with Crippen LogP contribution in [0.2, 0.25) is 0 Å². The van der Waals surface area contributed by atoms with Crippen molar-refractivity contribution in [1.29, 1.82) is 0 Å². The minimum absolute atomic E-state index is 0.210. The predicted molar refractivity (Wildman–Crippen MR) is 194 cm³/mol. The number of likely N-dealkylation sites (tertiary alicyclic amines) is 1. The zero-order valence-electron chi connectivity index (χ0n) is 29.2. The van der Waals surface area contributed by atoms with Crippen molar-refractivity contribution in [3.05, 3.63) is 115 Å². The number of ether oxygens (including phenoxy) is 2. The molecule has 3 amide bonds. The van der Waals surface area contributed by atoms with Gasteiger partial charge in [-0.05, 0) is 87.1 Å². The first kappa shape index (κ1) is 35.1. The van der Waals surface area contributed by atoms with Crippen LogP contribution in [0.4, 0.5) is 11.4 Å². The summed E-state index contributed by atoms with van der Waals surface area (Å²) in [7, 11) is 0. The minimum atomic E-state index is -1.25. The number of anilines is 2. The van der Waals surface area contributed by atoms with Gasteiger partial charge in [0.25, 0.3) is 5.91 Å². The molecule has 6 rings (SSSR count). The predicted octanol–water partition coefficient (Wildman–Crippen LogP) is 5.42. The van der Waals surface area contributed by atoms with Gasteiger partial charge in [0.2, 0.25) is 11.8 Å². The van der Waals surface area contributed by atoms with Gasteiger partial charge in [-0.25, -0.2) is 0 Å². The highest BCUT2D eigenvalue weighted by Crippen LogP contribution is 2.59. The van der Waals surface area contributed by atoms with Crippen molar-refractivity contribution in [3.63, 3.8) is 0 Å². The quantitative estimate of drug-likeness (QED) is 0.229. The maximum atomic E-state index is 15.2. The van der Waals surface area contributed by atoms with Gasteiger partial charge in [-0.3, -0.25) is 14.4 Å². The summed E-state index contributed by atoms with van der Waals surface area (Å²) in [6.07, 6.45) is 4.08. The van der Waals surface area contributed by atoms with E-state index in [1.165, 1.54) is 0 Å². The molecule has 3 aliphatic heterocycles. The van der Waals surface area contributed by atoms with Gasteiger partial charge in [-0.2, -0.15) is 0 Å². The van der Waals surface area contributed by atoms with Crippen molar-refractivity contribution in [1.82, 2.24) is 4.90 Å². The third kappa shape index (κ3) is 6.13. The van der Waals surface area contributed by atoms with E-state index in [0.29, 0.717) is 37.3 Å². The lowest BCUT2D eigenvalue weighted by Crippen LogP contribution is -2.59. The number of aliphatic hydroxyl groups excluding tert-OH is 1. The highest BCUT2D eigenvalue weighted by atomic mass is 16.5. The largest absolute Gasteiger partial charge is 0.494 e. The molecule has 262 valence electrons. The van der Waals surface area contributed by atoms with E-state index >= 15 is 4.79 Å². The topological polar surface area (TPSA) is 99.6 Å². The van der Waals surface area contributed by atoms with Crippen LogP contribution < -0.4 is 14.5 Å². The maximum Gasteiger partial charge on any atom is 0.253 e. The number of amides is 3. The molecule has 0 aliphatic carbocycles. The molecule has 3 heterocycles. The van der Waals surface area contributed by atoms with E-state index in [4.69, 9.17) is 9.47 Å². The molecule has 50 heavy (non-hydrogen) atoms. The van der Waals surface area contributed by atoms with Crippen molar-refractivity contribution in [2.75, 3.05) is 36.1 Å². The first-order valence-corrected chi connectivity index (χ1v) is 17.5. The van der Waals surface area contributed by atoms with E-state index in [1.807, 2.05) is 93.6 Å². The van der Waals surface area contributed by atoms with Gasteiger partial charge in [0.15, 0.2) is 0 Å². The Labute approximate surface area is 294 Å². The van der Waals surface area contributed by atoms with Crippen LogP contribution in [0.25, 0.3) is 0 Å². The molecule has 9 heteroatoms. The zero-order valence-corrected chi connectivity index (χ0v) is 29.2. The Hall–Kier alpha value is -4.73. The van der Waals surface area contributed by atoms with Gasteiger partial charge < -0.3 is 29.3 Å². The lowest BCUT2D eigenvalue weighted by Gasteiger charge is -2.39. The molecule has 0 saturated carbocycles. The number of hydrogen-bond acceptors (Lipinski definition) is 6. The second kappa shape index (κ2) is 14.6. The number of aryl methyl sites for hydroxylation is 2. The van der Waals surface area contributed by atoms with Gasteiger partial charge in [-0.15, -0.1) is 13.2 Å². The number of aliphatic hydroxyl groups is 1. The Balaban J connectivity index is 1.44. The van der Waals surface area contributed by atoms with Crippen molar-refractivity contribution >= 4 is 29.1 Å². The van der Waals surface area contributed by atoms with Crippen LogP contribution in [0.5, 0.6) is 5.75 Å². The Morgan fingerprint density at radius 1 is 1.02 bits per heavy atom. The lowest BCUT2D eigenvalue weighted by atomic mass is 9.70. The molecule has 9 nitrogen and oxygen atoms in total. The van der Waals surface area contributed by atoms with Crippen molar-refractivity contribution in [3.8, 4) is 5.75 Å².